The Morgan fingerprint density at radius 1 is 1.15 bits per heavy atom. The fourth-order valence-electron chi connectivity index (χ4n) is 2.49. The van der Waals surface area contributed by atoms with Crippen LogP contribution in [0, 0.1) is 11.8 Å². The summed E-state index contributed by atoms with van der Waals surface area (Å²) in [6.07, 6.45) is 3.10. The summed E-state index contributed by atoms with van der Waals surface area (Å²) in [5.74, 6) is 1.15. The van der Waals surface area contributed by atoms with Gasteiger partial charge in [-0.2, -0.15) is 0 Å². The average molecular weight is 185 g/mol. The Morgan fingerprint density at radius 2 is 1.92 bits per heavy atom. The maximum Gasteiger partial charge on any atom is 0.0595 e. The van der Waals surface area contributed by atoms with Crippen LogP contribution < -0.4 is 5.32 Å². The predicted molar refractivity (Wildman–Crippen MR) is 50.5 cm³/mol. The molecule has 2 heterocycles. The first-order valence-electron chi connectivity index (χ1n) is 5.34. The fourth-order valence-corrected chi connectivity index (χ4v) is 2.49. The largest absolute Gasteiger partial charge is 0.393 e. The van der Waals surface area contributed by atoms with Crippen molar-refractivity contribution in [2.45, 2.75) is 25.4 Å². The van der Waals surface area contributed by atoms with Gasteiger partial charge in [0.25, 0.3) is 0 Å². The lowest BCUT2D eigenvalue weighted by Gasteiger charge is -2.36. The van der Waals surface area contributed by atoms with Crippen LogP contribution in [0.3, 0.4) is 0 Å². The lowest BCUT2D eigenvalue weighted by Crippen LogP contribution is -2.44. The summed E-state index contributed by atoms with van der Waals surface area (Å²) >= 11 is 0. The van der Waals surface area contributed by atoms with E-state index in [0.717, 1.165) is 45.6 Å². The number of aliphatic hydroxyl groups is 1. The molecule has 2 fully saturated rings. The third-order valence-corrected chi connectivity index (χ3v) is 3.36. The number of hydrogen-bond donors (Lipinski definition) is 2. The molecule has 2 N–H and O–H groups in total. The molecule has 3 nitrogen and oxygen atoms in total. The van der Waals surface area contributed by atoms with Gasteiger partial charge in [-0.25, -0.2) is 0 Å². The molecule has 2 atom stereocenters. The molecule has 0 radical (unpaired) electrons. The second-order valence-electron chi connectivity index (χ2n) is 4.17. The van der Waals surface area contributed by atoms with Gasteiger partial charge in [-0.15, -0.1) is 0 Å². The first kappa shape index (κ1) is 9.44. The maximum absolute atomic E-state index is 9.84. The number of ether oxygens (including phenoxy) is 1. The van der Waals surface area contributed by atoms with Crippen LogP contribution in [-0.4, -0.2) is 37.5 Å². The van der Waals surface area contributed by atoms with Gasteiger partial charge in [0.05, 0.1) is 6.10 Å². The van der Waals surface area contributed by atoms with E-state index >= 15 is 0 Å². The molecule has 2 unspecified atom stereocenters. The van der Waals surface area contributed by atoms with E-state index in [9.17, 15) is 5.11 Å². The number of rotatable bonds is 1. The molecule has 3 heteroatoms. The van der Waals surface area contributed by atoms with Gasteiger partial charge in [0.15, 0.2) is 0 Å². The SMILES string of the molecule is OC1CCNCC1C1CCOCC1. The molecule has 0 aromatic heterocycles. The fraction of sp³-hybridized carbons (Fsp3) is 1.00. The van der Waals surface area contributed by atoms with Crippen molar-refractivity contribution in [2.24, 2.45) is 11.8 Å². The minimum absolute atomic E-state index is 0.0793. The predicted octanol–water partition coefficient (Wildman–Crippen LogP) is 0.383. The van der Waals surface area contributed by atoms with Crippen LogP contribution in [0.4, 0.5) is 0 Å². The number of hydrogen-bond acceptors (Lipinski definition) is 3. The highest BCUT2D eigenvalue weighted by Gasteiger charge is 2.31. The zero-order valence-electron chi connectivity index (χ0n) is 8.04. The van der Waals surface area contributed by atoms with Crippen molar-refractivity contribution in [3.63, 3.8) is 0 Å². The summed E-state index contributed by atoms with van der Waals surface area (Å²) in [6.45, 7) is 3.73. The van der Waals surface area contributed by atoms with Gasteiger partial charge in [-0.1, -0.05) is 0 Å². The van der Waals surface area contributed by atoms with Gasteiger partial charge in [0.1, 0.15) is 0 Å². The van der Waals surface area contributed by atoms with Crippen LogP contribution in [0.1, 0.15) is 19.3 Å². The maximum atomic E-state index is 9.84. The third kappa shape index (κ3) is 2.22. The number of piperidine rings is 1. The van der Waals surface area contributed by atoms with Crippen molar-refractivity contribution in [3.8, 4) is 0 Å². The molecule has 2 rings (SSSR count). The lowest BCUT2D eigenvalue weighted by molar-refractivity contribution is -0.00727. The van der Waals surface area contributed by atoms with Crippen LogP contribution in [0.2, 0.25) is 0 Å². The van der Waals surface area contributed by atoms with E-state index in [1.54, 1.807) is 0 Å². The molecule has 0 aliphatic carbocycles. The molecule has 0 amide bonds. The zero-order valence-corrected chi connectivity index (χ0v) is 8.04. The Hall–Kier alpha value is -0.120. The minimum Gasteiger partial charge on any atom is -0.393 e. The van der Waals surface area contributed by atoms with E-state index in [1.165, 1.54) is 0 Å². The molecule has 2 aliphatic rings. The van der Waals surface area contributed by atoms with Crippen molar-refractivity contribution in [3.05, 3.63) is 0 Å². The number of nitrogens with one attached hydrogen (secondary N) is 1. The highest BCUT2D eigenvalue weighted by Crippen LogP contribution is 2.28. The molecule has 0 aromatic carbocycles. The van der Waals surface area contributed by atoms with Crippen LogP contribution in [-0.2, 0) is 4.74 Å². The lowest BCUT2D eigenvalue weighted by atomic mass is 9.80. The smallest absolute Gasteiger partial charge is 0.0595 e. The summed E-state index contributed by atoms with van der Waals surface area (Å²) in [5.41, 5.74) is 0. The summed E-state index contributed by atoms with van der Waals surface area (Å²) in [6, 6.07) is 0. The van der Waals surface area contributed by atoms with Crippen LogP contribution in [0.5, 0.6) is 0 Å². The van der Waals surface area contributed by atoms with Gasteiger partial charge >= 0.3 is 0 Å². The molecule has 76 valence electrons. The Balaban J connectivity index is 1.88. The summed E-state index contributed by atoms with van der Waals surface area (Å²) in [4.78, 5) is 0. The normalized spacial score (nSPS) is 37.6. The molecule has 0 bridgehead atoms. The van der Waals surface area contributed by atoms with Gasteiger partial charge in [0, 0.05) is 25.7 Å². The second kappa shape index (κ2) is 4.40. The van der Waals surface area contributed by atoms with Crippen molar-refractivity contribution in [2.75, 3.05) is 26.3 Å². The van der Waals surface area contributed by atoms with Crippen molar-refractivity contribution in [1.29, 1.82) is 0 Å². The first-order valence-corrected chi connectivity index (χ1v) is 5.34. The van der Waals surface area contributed by atoms with Gasteiger partial charge in [0.2, 0.25) is 0 Å². The molecule has 13 heavy (non-hydrogen) atoms. The van der Waals surface area contributed by atoms with Crippen molar-refractivity contribution >= 4 is 0 Å². The highest BCUT2D eigenvalue weighted by molar-refractivity contribution is 4.83. The summed E-state index contributed by atoms with van der Waals surface area (Å²) in [5, 5.41) is 13.2. The van der Waals surface area contributed by atoms with Crippen LogP contribution >= 0.6 is 0 Å². The quantitative estimate of drug-likeness (QED) is 0.620. The average Bonchev–Trinajstić information content (AvgIpc) is 2.20. The molecule has 2 saturated heterocycles. The van der Waals surface area contributed by atoms with E-state index in [2.05, 4.69) is 5.32 Å². The first-order chi connectivity index (χ1) is 6.38. The van der Waals surface area contributed by atoms with E-state index in [0.29, 0.717) is 11.8 Å². The van der Waals surface area contributed by atoms with E-state index < -0.39 is 0 Å². The Kier molecular flexibility index (Phi) is 3.19. The molecular weight excluding hydrogens is 166 g/mol. The van der Waals surface area contributed by atoms with Gasteiger partial charge in [-0.3, -0.25) is 0 Å². The molecule has 0 aromatic rings. The molecule has 0 saturated carbocycles. The van der Waals surface area contributed by atoms with E-state index in [-0.39, 0.29) is 6.10 Å². The molecule has 2 aliphatic heterocycles. The highest BCUT2D eigenvalue weighted by atomic mass is 16.5. The topological polar surface area (TPSA) is 41.5 Å². The minimum atomic E-state index is -0.0793. The van der Waals surface area contributed by atoms with Gasteiger partial charge in [-0.05, 0) is 31.7 Å². The van der Waals surface area contributed by atoms with Crippen molar-refractivity contribution in [1.82, 2.24) is 5.32 Å². The van der Waals surface area contributed by atoms with Crippen molar-refractivity contribution < 1.29 is 9.84 Å². The Labute approximate surface area is 79.5 Å². The third-order valence-electron chi connectivity index (χ3n) is 3.36. The monoisotopic (exact) mass is 185 g/mol. The van der Waals surface area contributed by atoms with Gasteiger partial charge < -0.3 is 15.2 Å². The second-order valence-corrected chi connectivity index (χ2v) is 4.17. The Bertz CT molecular complexity index is 157. The summed E-state index contributed by atoms with van der Waals surface area (Å²) in [7, 11) is 0. The number of aliphatic hydroxyl groups excluding tert-OH is 1. The van der Waals surface area contributed by atoms with Crippen LogP contribution in [0.25, 0.3) is 0 Å². The molecule has 0 spiro atoms. The van der Waals surface area contributed by atoms with Crippen LogP contribution in [0.15, 0.2) is 0 Å². The molecular formula is C10H19NO2. The zero-order chi connectivity index (χ0) is 9.10. The Morgan fingerprint density at radius 3 is 2.62 bits per heavy atom. The standard InChI is InChI=1S/C10H19NO2/c12-10-1-4-11-7-9(10)8-2-5-13-6-3-8/h8-12H,1-7H2. The van der Waals surface area contributed by atoms with E-state index in [4.69, 9.17) is 4.74 Å². The summed E-state index contributed by atoms with van der Waals surface area (Å²) < 4.78 is 5.32. The van der Waals surface area contributed by atoms with E-state index in [1.807, 2.05) is 0 Å².